The van der Waals surface area contributed by atoms with Crippen LogP contribution >= 0.6 is 11.3 Å². The fourth-order valence-electron chi connectivity index (χ4n) is 5.00. The van der Waals surface area contributed by atoms with Gasteiger partial charge in [-0.05, 0) is 31.5 Å². The smallest absolute Gasteiger partial charge is 0.280 e. The number of rotatable bonds is 8. The van der Waals surface area contributed by atoms with E-state index in [2.05, 4.69) is 25.5 Å². The fourth-order valence-corrected chi connectivity index (χ4v) is 6.02. The van der Waals surface area contributed by atoms with Crippen molar-refractivity contribution in [2.75, 3.05) is 5.32 Å². The van der Waals surface area contributed by atoms with E-state index in [1.54, 1.807) is 41.9 Å². The number of carbonyl (C=O) groups is 2. The molecule has 0 bridgehead atoms. The number of carbonyl (C=O) groups excluding carboxylic acids is 2. The Morgan fingerprint density at radius 2 is 1.75 bits per heavy atom. The van der Waals surface area contributed by atoms with Gasteiger partial charge in [0.25, 0.3) is 24.7 Å². The summed E-state index contributed by atoms with van der Waals surface area (Å²) < 4.78 is 58.5. The number of nitrogens with two attached hydrogens (primary N) is 1. The summed E-state index contributed by atoms with van der Waals surface area (Å²) in [5.41, 5.74) is 6.37. The SMILES string of the molecule is CCn1ncc(-c2cc(C(F)F)nc3sc(C(N)=O)c(NC(=O)c4cnn5c(C(F)F)cc(-c6ccccc6)nc45)c23)c1C. The highest BCUT2D eigenvalue weighted by Crippen LogP contribution is 2.43. The highest BCUT2D eigenvalue weighted by molar-refractivity contribution is 7.21. The van der Waals surface area contributed by atoms with E-state index in [-0.39, 0.29) is 43.2 Å². The summed E-state index contributed by atoms with van der Waals surface area (Å²) in [6.07, 6.45) is -3.28. The number of pyridine rings is 1. The minimum absolute atomic E-state index is 0.0369. The molecule has 224 valence electrons. The van der Waals surface area contributed by atoms with Gasteiger partial charge in [0.15, 0.2) is 5.65 Å². The number of amides is 2. The minimum atomic E-state index is -2.94. The van der Waals surface area contributed by atoms with Crippen LogP contribution in [0.5, 0.6) is 0 Å². The number of aryl methyl sites for hydroxylation is 1. The van der Waals surface area contributed by atoms with Crippen molar-refractivity contribution in [2.45, 2.75) is 33.2 Å². The third kappa shape index (κ3) is 4.84. The molecule has 5 heterocycles. The normalized spacial score (nSPS) is 11.7. The van der Waals surface area contributed by atoms with Crippen LogP contribution in [0.1, 0.15) is 56.9 Å². The van der Waals surface area contributed by atoms with Crippen molar-refractivity contribution in [3.63, 3.8) is 0 Å². The van der Waals surface area contributed by atoms with Gasteiger partial charge in [-0.2, -0.15) is 10.2 Å². The molecule has 0 saturated carbocycles. The van der Waals surface area contributed by atoms with Crippen molar-refractivity contribution in [1.29, 1.82) is 0 Å². The first-order valence-electron chi connectivity index (χ1n) is 13.2. The number of nitrogens with zero attached hydrogens (tertiary/aromatic N) is 6. The summed E-state index contributed by atoms with van der Waals surface area (Å²) in [6, 6.07) is 10.9. The first-order valence-corrected chi connectivity index (χ1v) is 14.0. The summed E-state index contributed by atoms with van der Waals surface area (Å²) in [7, 11) is 0. The topological polar surface area (TPSA) is 133 Å². The van der Waals surface area contributed by atoms with Crippen molar-refractivity contribution in [3.05, 3.63) is 82.4 Å². The third-order valence-electron chi connectivity index (χ3n) is 7.10. The quantitative estimate of drug-likeness (QED) is 0.188. The van der Waals surface area contributed by atoms with Crippen LogP contribution in [0.25, 0.3) is 38.2 Å². The molecule has 5 aromatic heterocycles. The minimum Gasteiger partial charge on any atom is -0.365 e. The monoisotopic (exact) mass is 622 g/mol. The van der Waals surface area contributed by atoms with Crippen molar-refractivity contribution < 1.29 is 27.2 Å². The van der Waals surface area contributed by atoms with Gasteiger partial charge in [-0.15, -0.1) is 11.3 Å². The van der Waals surface area contributed by atoms with Crippen molar-refractivity contribution in [1.82, 2.24) is 29.4 Å². The van der Waals surface area contributed by atoms with Crippen LogP contribution in [0.15, 0.2) is 54.9 Å². The molecular weight excluding hydrogens is 600 g/mol. The highest BCUT2D eigenvalue weighted by Gasteiger charge is 2.28. The zero-order valence-electron chi connectivity index (χ0n) is 23.1. The molecule has 0 unspecified atom stereocenters. The van der Waals surface area contributed by atoms with Gasteiger partial charge < -0.3 is 11.1 Å². The molecule has 1 aromatic carbocycles. The lowest BCUT2D eigenvalue weighted by molar-refractivity contribution is 0.100. The van der Waals surface area contributed by atoms with Gasteiger partial charge in [-0.1, -0.05) is 30.3 Å². The van der Waals surface area contributed by atoms with Gasteiger partial charge >= 0.3 is 0 Å². The maximum Gasteiger partial charge on any atom is 0.280 e. The van der Waals surface area contributed by atoms with Gasteiger partial charge in [0.2, 0.25) is 0 Å². The Morgan fingerprint density at radius 3 is 2.39 bits per heavy atom. The van der Waals surface area contributed by atoms with Crippen LogP contribution in [-0.2, 0) is 6.54 Å². The molecule has 15 heteroatoms. The number of anilines is 1. The van der Waals surface area contributed by atoms with E-state index in [0.29, 0.717) is 23.4 Å². The summed E-state index contributed by atoms with van der Waals surface area (Å²) in [5, 5.41) is 11.1. The third-order valence-corrected chi connectivity index (χ3v) is 8.20. The van der Waals surface area contributed by atoms with E-state index in [9.17, 15) is 27.2 Å². The Hall–Kier alpha value is -5.18. The van der Waals surface area contributed by atoms with Gasteiger partial charge in [-0.3, -0.25) is 14.3 Å². The molecule has 0 aliphatic heterocycles. The summed E-state index contributed by atoms with van der Waals surface area (Å²) in [5.74, 6) is -1.77. The highest BCUT2D eigenvalue weighted by atomic mass is 32.1. The van der Waals surface area contributed by atoms with Crippen molar-refractivity contribution in [3.8, 4) is 22.4 Å². The standard InChI is InChI=1S/C29H22F4N8O2S/c1-3-40-13(2)16(11-35-40)15-9-19(24(30)31)38-29-21(15)22(23(44-29)26(34)42)39-28(43)17-12-36-41-20(25(32)33)10-18(37-27(17)41)14-7-5-4-6-8-14/h4-12,24-25H,3H2,1-2H3,(H2,34,42)(H,39,43). The second-order valence-electron chi connectivity index (χ2n) is 9.69. The van der Waals surface area contributed by atoms with E-state index < -0.39 is 36.1 Å². The van der Waals surface area contributed by atoms with Crippen LogP contribution < -0.4 is 11.1 Å². The largest absolute Gasteiger partial charge is 0.365 e. The molecule has 0 radical (unpaired) electrons. The molecule has 44 heavy (non-hydrogen) atoms. The van der Waals surface area contributed by atoms with Crippen molar-refractivity contribution >= 4 is 44.7 Å². The number of hydrogen-bond donors (Lipinski definition) is 2. The Labute approximate surface area is 250 Å². The molecule has 0 aliphatic carbocycles. The Kier molecular flexibility index (Phi) is 7.33. The zero-order valence-corrected chi connectivity index (χ0v) is 23.9. The molecule has 3 N–H and O–H groups in total. The molecule has 0 aliphatic rings. The average molecular weight is 623 g/mol. The predicted molar refractivity (Wildman–Crippen MR) is 156 cm³/mol. The zero-order chi connectivity index (χ0) is 31.3. The van der Waals surface area contributed by atoms with E-state index >= 15 is 0 Å². The van der Waals surface area contributed by atoms with E-state index in [4.69, 9.17) is 5.73 Å². The predicted octanol–water partition coefficient (Wildman–Crippen LogP) is 6.42. The Balaban J connectivity index is 1.54. The fraction of sp³-hybridized carbons (Fsp3) is 0.172. The average Bonchev–Trinajstić information content (AvgIpc) is 3.71. The number of primary amides is 1. The molecule has 10 nitrogen and oxygen atoms in total. The molecular formula is C29H22F4N8O2S. The number of benzene rings is 1. The molecule has 2 amide bonds. The lowest BCUT2D eigenvalue weighted by Crippen LogP contribution is -2.17. The molecule has 0 spiro atoms. The number of nitrogens with one attached hydrogen (secondary N) is 1. The van der Waals surface area contributed by atoms with Gasteiger partial charge in [-0.25, -0.2) is 32.0 Å². The lowest BCUT2D eigenvalue weighted by atomic mass is 10.0. The van der Waals surface area contributed by atoms with E-state index in [0.717, 1.165) is 22.0 Å². The molecule has 0 saturated heterocycles. The number of aromatic nitrogens is 6. The summed E-state index contributed by atoms with van der Waals surface area (Å²) >= 11 is 0.743. The van der Waals surface area contributed by atoms with Crippen LogP contribution in [0.3, 0.4) is 0 Å². The number of alkyl halides is 4. The first kappa shape index (κ1) is 28.9. The van der Waals surface area contributed by atoms with E-state index in [1.165, 1.54) is 18.3 Å². The van der Waals surface area contributed by atoms with Crippen LogP contribution in [0.2, 0.25) is 0 Å². The number of thiophene rings is 1. The molecule has 0 atom stereocenters. The second kappa shape index (κ2) is 11.1. The Morgan fingerprint density at radius 1 is 1.00 bits per heavy atom. The maximum atomic E-state index is 14.1. The summed E-state index contributed by atoms with van der Waals surface area (Å²) in [4.78, 5) is 34.7. The van der Waals surface area contributed by atoms with Gasteiger partial charge in [0, 0.05) is 28.8 Å². The lowest BCUT2D eigenvalue weighted by Gasteiger charge is -2.11. The molecule has 6 rings (SSSR count). The summed E-state index contributed by atoms with van der Waals surface area (Å²) in [6.45, 7) is 4.13. The number of hydrogen-bond acceptors (Lipinski definition) is 7. The van der Waals surface area contributed by atoms with Crippen molar-refractivity contribution in [2.24, 2.45) is 5.73 Å². The first-order chi connectivity index (χ1) is 21.1. The molecule has 0 fully saturated rings. The van der Waals surface area contributed by atoms with Crippen LogP contribution in [0.4, 0.5) is 23.2 Å². The molecule has 6 aromatic rings. The van der Waals surface area contributed by atoms with E-state index in [1.807, 2.05) is 6.92 Å². The van der Waals surface area contributed by atoms with Gasteiger partial charge in [0.05, 0.1) is 23.8 Å². The number of halogens is 4. The maximum absolute atomic E-state index is 14.1. The second-order valence-corrected chi connectivity index (χ2v) is 10.7. The Bertz CT molecular complexity index is 2070. The van der Waals surface area contributed by atoms with Crippen LogP contribution in [0, 0.1) is 6.92 Å². The van der Waals surface area contributed by atoms with Gasteiger partial charge in [0.1, 0.15) is 26.7 Å². The number of fused-ring (bicyclic) bond motifs is 2. The van der Waals surface area contributed by atoms with Crippen LogP contribution in [-0.4, -0.2) is 41.2 Å².